The van der Waals surface area contributed by atoms with Gasteiger partial charge in [-0.05, 0) is 22.0 Å². The Morgan fingerprint density at radius 3 is 2.38 bits per heavy atom. The highest BCUT2D eigenvalue weighted by atomic mass is 79.9. The topological polar surface area (TPSA) is 63.4 Å². The molecular weight excluding hydrogens is 318 g/mol. The van der Waals surface area contributed by atoms with Gasteiger partial charge in [-0.1, -0.05) is 11.6 Å². The molecule has 0 spiro atoms. The molecule has 0 amide bonds. The summed E-state index contributed by atoms with van der Waals surface area (Å²) in [7, 11) is 0. The van der Waals surface area contributed by atoms with Crippen molar-refractivity contribution in [3.8, 4) is 5.75 Å². The minimum atomic E-state index is -5.02. The van der Waals surface area contributed by atoms with Crippen LogP contribution < -0.4 is 0 Å². The average molecular weight is 320 g/mol. The Morgan fingerprint density at radius 1 is 1.50 bits per heavy atom. The van der Waals surface area contributed by atoms with Crippen LogP contribution in [-0.4, -0.2) is 10.0 Å². The SMILES string of the molecule is O=[N+]([O-])c1c(O)c(Br)cc(Cl)c1C(F)(F)F. The molecule has 1 rings (SSSR count). The lowest BCUT2D eigenvalue weighted by Crippen LogP contribution is -2.10. The van der Waals surface area contributed by atoms with Crippen molar-refractivity contribution in [2.45, 2.75) is 6.18 Å². The first-order chi connectivity index (χ1) is 7.16. The third-order valence-electron chi connectivity index (χ3n) is 1.65. The van der Waals surface area contributed by atoms with Crippen LogP contribution in [0, 0.1) is 10.1 Å². The summed E-state index contributed by atoms with van der Waals surface area (Å²) in [6.45, 7) is 0. The third kappa shape index (κ3) is 2.22. The smallest absolute Gasteiger partial charge is 0.424 e. The first kappa shape index (κ1) is 13.0. The van der Waals surface area contributed by atoms with Crippen molar-refractivity contribution in [2.75, 3.05) is 0 Å². The Balaban J connectivity index is 3.72. The molecule has 0 bridgehead atoms. The molecular formula is C7H2BrClF3NO3. The molecule has 9 heteroatoms. The van der Waals surface area contributed by atoms with Crippen LogP contribution in [0.4, 0.5) is 18.9 Å². The Kier molecular flexibility index (Phi) is 3.34. The molecule has 0 saturated carbocycles. The molecule has 0 saturated heterocycles. The molecule has 0 aromatic heterocycles. The number of alkyl halides is 3. The van der Waals surface area contributed by atoms with Crippen molar-refractivity contribution in [3.05, 3.63) is 31.2 Å². The Morgan fingerprint density at radius 2 is 2.00 bits per heavy atom. The number of nitro benzene ring substituents is 1. The highest BCUT2D eigenvalue weighted by molar-refractivity contribution is 9.10. The first-order valence-corrected chi connectivity index (χ1v) is 4.76. The number of nitro groups is 1. The summed E-state index contributed by atoms with van der Waals surface area (Å²) in [6, 6.07) is 0.743. The molecule has 0 radical (unpaired) electrons. The summed E-state index contributed by atoms with van der Waals surface area (Å²) in [5.41, 5.74) is -3.13. The van der Waals surface area contributed by atoms with E-state index in [1.165, 1.54) is 0 Å². The summed E-state index contributed by atoms with van der Waals surface area (Å²) in [5, 5.41) is 18.8. The van der Waals surface area contributed by atoms with Crippen LogP contribution in [0.3, 0.4) is 0 Å². The lowest BCUT2D eigenvalue weighted by molar-refractivity contribution is -0.389. The van der Waals surface area contributed by atoms with Gasteiger partial charge in [-0.15, -0.1) is 0 Å². The number of hydrogen-bond donors (Lipinski definition) is 1. The summed E-state index contributed by atoms with van der Waals surface area (Å²) in [5.74, 6) is -1.11. The van der Waals surface area contributed by atoms with Crippen LogP contribution in [0.5, 0.6) is 5.75 Å². The van der Waals surface area contributed by atoms with Gasteiger partial charge < -0.3 is 5.11 Å². The van der Waals surface area contributed by atoms with Gasteiger partial charge in [-0.25, -0.2) is 0 Å². The van der Waals surface area contributed by atoms with Gasteiger partial charge in [-0.3, -0.25) is 10.1 Å². The van der Waals surface area contributed by atoms with Crippen molar-refractivity contribution < 1.29 is 23.2 Å². The van der Waals surface area contributed by atoms with Crippen LogP contribution in [0.15, 0.2) is 10.5 Å². The molecule has 1 N–H and O–H groups in total. The highest BCUT2D eigenvalue weighted by Gasteiger charge is 2.43. The maximum absolute atomic E-state index is 12.5. The van der Waals surface area contributed by atoms with E-state index in [0.29, 0.717) is 0 Å². The first-order valence-electron chi connectivity index (χ1n) is 3.58. The van der Waals surface area contributed by atoms with Crippen LogP contribution >= 0.6 is 27.5 Å². The fraction of sp³-hybridized carbons (Fsp3) is 0.143. The molecule has 0 atom stereocenters. The maximum Gasteiger partial charge on any atom is 0.424 e. The second kappa shape index (κ2) is 4.10. The number of rotatable bonds is 1. The van der Waals surface area contributed by atoms with Crippen LogP contribution in [0.2, 0.25) is 5.02 Å². The van der Waals surface area contributed by atoms with Gasteiger partial charge in [0.05, 0.1) is 14.4 Å². The monoisotopic (exact) mass is 319 g/mol. The number of halogens is 5. The van der Waals surface area contributed by atoms with E-state index in [1.807, 2.05) is 0 Å². The summed E-state index contributed by atoms with van der Waals surface area (Å²) in [4.78, 5) is 9.12. The molecule has 0 heterocycles. The molecule has 0 aliphatic rings. The summed E-state index contributed by atoms with van der Waals surface area (Å²) >= 11 is 7.93. The van der Waals surface area contributed by atoms with E-state index < -0.39 is 33.1 Å². The van der Waals surface area contributed by atoms with Gasteiger partial charge in [0, 0.05) is 0 Å². The summed E-state index contributed by atoms with van der Waals surface area (Å²) < 4.78 is 37.1. The van der Waals surface area contributed by atoms with Crippen LogP contribution in [0.1, 0.15) is 5.56 Å². The van der Waals surface area contributed by atoms with Gasteiger partial charge in [0.1, 0.15) is 0 Å². The van der Waals surface area contributed by atoms with Gasteiger partial charge in [0.25, 0.3) is 0 Å². The zero-order valence-electron chi connectivity index (χ0n) is 7.18. The molecule has 16 heavy (non-hydrogen) atoms. The zero-order valence-corrected chi connectivity index (χ0v) is 9.52. The van der Waals surface area contributed by atoms with E-state index in [1.54, 1.807) is 0 Å². The van der Waals surface area contributed by atoms with Crippen LogP contribution in [0.25, 0.3) is 0 Å². The fourth-order valence-corrected chi connectivity index (χ4v) is 1.90. The number of benzene rings is 1. The maximum atomic E-state index is 12.5. The molecule has 1 aromatic carbocycles. The standard InChI is InChI=1S/C7H2BrClF3NO3/c8-2-1-3(9)4(7(10,11)12)5(6(2)14)13(15)16/h1,14H. The van der Waals surface area contributed by atoms with Gasteiger partial charge in [0.2, 0.25) is 5.75 Å². The van der Waals surface area contributed by atoms with E-state index in [-0.39, 0.29) is 4.47 Å². The zero-order chi connectivity index (χ0) is 12.7. The van der Waals surface area contributed by atoms with Crippen molar-refractivity contribution in [1.29, 1.82) is 0 Å². The minimum Gasteiger partial charge on any atom is -0.501 e. The van der Waals surface area contributed by atoms with Crippen molar-refractivity contribution in [2.24, 2.45) is 0 Å². The lowest BCUT2D eigenvalue weighted by atomic mass is 10.1. The number of nitrogens with zero attached hydrogens (tertiary/aromatic N) is 1. The van der Waals surface area contributed by atoms with Gasteiger partial charge in [0.15, 0.2) is 5.56 Å². The Labute approximate surface area is 99.9 Å². The Hall–Kier alpha value is -1.02. The van der Waals surface area contributed by atoms with E-state index in [0.717, 1.165) is 6.07 Å². The number of aromatic hydroxyl groups is 1. The van der Waals surface area contributed by atoms with Crippen LogP contribution in [-0.2, 0) is 6.18 Å². The van der Waals surface area contributed by atoms with Crippen molar-refractivity contribution >= 4 is 33.2 Å². The highest BCUT2D eigenvalue weighted by Crippen LogP contribution is 2.47. The second-order valence-corrected chi connectivity index (χ2v) is 3.93. The Bertz CT molecular complexity index is 463. The fourth-order valence-electron chi connectivity index (χ4n) is 1.04. The molecule has 0 aliphatic carbocycles. The quantitative estimate of drug-likeness (QED) is 0.633. The van der Waals surface area contributed by atoms with E-state index in [4.69, 9.17) is 11.6 Å². The summed E-state index contributed by atoms with van der Waals surface area (Å²) in [6.07, 6.45) is -5.02. The van der Waals surface area contributed by atoms with Gasteiger partial charge >= 0.3 is 11.9 Å². The average Bonchev–Trinajstić information content (AvgIpc) is 2.07. The number of phenols is 1. The second-order valence-electron chi connectivity index (χ2n) is 2.67. The minimum absolute atomic E-state index is 0.280. The molecule has 88 valence electrons. The lowest BCUT2D eigenvalue weighted by Gasteiger charge is -2.11. The van der Waals surface area contributed by atoms with Crippen molar-refractivity contribution in [3.63, 3.8) is 0 Å². The predicted octanol–water partition coefficient (Wildman–Crippen LogP) is 3.74. The van der Waals surface area contributed by atoms with Gasteiger partial charge in [-0.2, -0.15) is 13.2 Å². The van der Waals surface area contributed by atoms with Crippen molar-refractivity contribution in [1.82, 2.24) is 0 Å². The molecule has 0 aliphatic heterocycles. The van der Waals surface area contributed by atoms with E-state index in [2.05, 4.69) is 15.9 Å². The molecule has 0 fully saturated rings. The molecule has 1 aromatic rings. The largest absolute Gasteiger partial charge is 0.501 e. The normalized spacial score (nSPS) is 11.6. The molecule has 4 nitrogen and oxygen atoms in total. The third-order valence-corrected chi connectivity index (χ3v) is 2.55. The number of hydrogen-bond acceptors (Lipinski definition) is 3. The molecule has 0 unspecified atom stereocenters. The number of phenolic OH excluding ortho intramolecular Hbond substituents is 1. The van der Waals surface area contributed by atoms with E-state index in [9.17, 15) is 28.4 Å². The predicted molar refractivity (Wildman–Crippen MR) is 52.5 cm³/mol. The van der Waals surface area contributed by atoms with E-state index >= 15 is 0 Å².